The SMILES string of the molecule is Cn1cc(N)cc1C(=O)N1CCC(c2ccccc2)C1. The number of carbonyl (C=O) groups excluding carboxylic acids is 1. The number of benzene rings is 1. The van der Waals surface area contributed by atoms with Crippen LogP contribution in [0.3, 0.4) is 0 Å². The molecule has 1 aromatic carbocycles. The van der Waals surface area contributed by atoms with Crippen molar-refractivity contribution in [2.24, 2.45) is 7.05 Å². The molecule has 1 aliphatic heterocycles. The van der Waals surface area contributed by atoms with Crippen LogP contribution in [0.4, 0.5) is 5.69 Å². The van der Waals surface area contributed by atoms with Crippen LogP contribution in [0.5, 0.6) is 0 Å². The van der Waals surface area contributed by atoms with Gasteiger partial charge in [-0.1, -0.05) is 30.3 Å². The van der Waals surface area contributed by atoms with E-state index in [2.05, 4.69) is 24.3 Å². The van der Waals surface area contributed by atoms with E-state index in [4.69, 9.17) is 5.73 Å². The number of rotatable bonds is 2. The van der Waals surface area contributed by atoms with Gasteiger partial charge in [0.2, 0.25) is 0 Å². The summed E-state index contributed by atoms with van der Waals surface area (Å²) in [5, 5.41) is 0. The van der Waals surface area contributed by atoms with Gasteiger partial charge in [-0.2, -0.15) is 0 Å². The fraction of sp³-hybridized carbons (Fsp3) is 0.312. The number of amides is 1. The predicted molar refractivity (Wildman–Crippen MR) is 79.5 cm³/mol. The van der Waals surface area contributed by atoms with Crippen LogP contribution < -0.4 is 5.73 Å². The Morgan fingerprint density at radius 1 is 1.30 bits per heavy atom. The molecule has 1 atom stereocenters. The Morgan fingerprint density at radius 3 is 2.70 bits per heavy atom. The van der Waals surface area contributed by atoms with Gasteiger partial charge in [0, 0.05) is 32.3 Å². The Labute approximate surface area is 118 Å². The quantitative estimate of drug-likeness (QED) is 0.909. The summed E-state index contributed by atoms with van der Waals surface area (Å²) in [4.78, 5) is 14.4. The van der Waals surface area contributed by atoms with Gasteiger partial charge in [0.05, 0.1) is 5.69 Å². The van der Waals surface area contributed by atoms with Gasteiger partial charge >= 0.3 is 0 Å². The maximum absolute atomic E-state index is 12.5. The zero-order valence-electron chi connectivity index (χ0n) is 11.6. The Bertz CT molecular complexity index is 618. The van der Waals surface area contributed by atoms with E-state index in [9.17, 15) is 4.79 Å². The Hall–Kier alpha value is -2.23. The molecular weight excluding hydrogens is 250 g/mol. The summed E-state index contributed by atoms with van der Waals surface area (Å²) in [6.45, 7) is 1.59. The van der Waals surface area contributed by atoms with Crippen molar-refractivity contribution < 1.29 is 4.79 Å². The summed E-state index contributed by atoms with van der Waals surface area (Å²) in [7, 11) is 1.86. The highest BCUT2D eigenvalue weighted by atomic mass is 16.2. The lowest BCUT2D eigenvalue weighted by Crippen LogP contribution is -2.29. The molecule has 0 radical (unpaired) electrons. The van der Waals surface area contributed by atoms with Crippen LogP contribution in [-0.4, -0.2) is 28.5 Å². The van der Waals surface area contributed by atoms with Crippen LogP contribution in [0.15, 0.2) is 42.6 Å². The van der Waals surface area contributed by atoms with E-state index in [1.807, 2.05) is 18.0 Å². The molecule has 1 aliphatic rings. The average Bonchev–Trinajstić information content (AvgIpc) is 3.06. The van der Waals surface area contributed by atoms with Gasteiger partial charge in [-0.05, 0) is 18.1 Å². The molecule has 4 heteroatoms. The number of nitrogen functional groups attached to an aromatic ring is 1. The second kappa shape index (κ2) is 5.04. The van der Waals surface area contributed by atoms with Gasteiger partial charge in [-0.15, -0.1) is 0 Å². The van der Waals surface area contributed by atoms with Crippen molar-refractivity contribution in [1.82, 2.24) is 9.47 Å². The molecule has 1 fully saturated rings. The fourth-order valence-corrected chi connectivity index (χ4v) is 2.91. The molecular formula is C16H19N3O. The minimum atomic E-state index is 0.0719. The third-order valence-electron chi connectivity index (χ3n) is 3.99. The first-order valence-electron chi connectivity index (χ1n) is 6.91. The monoisotopic (exact) mass is 269 g/mol. The number of anilines is 1. The van der Waals surface area contributed by atoms with Gasteiger partial charge in [-0.25, -0.2) is 0 Å². The maximum Gasteiger partial charge on any atom is 0.270 e. The van der Waals surface area contributed by atoms with E-state index in [1.54, 1.807) is 16.8 Å². The number of aryl methyl sites for hydroxylation is 1. The minimum absolute atomic E-state index is 0.0719. The second-order valence-corrected chi connectivity index (χ2v) is 5.42. The first-order valence-corrected chi connectivity index (χ1v) is 6.91. The lowest BCUT2D eigenvalue weighted by atomic mass is 9.99. The van der Waals surface area contributed by atoms with Gasteiger partial charge in [-0.3, -0.25) is 4.79 Å². The highest BCUT2D eigenvalue weighted by molar-refractivity contribution is 5.94. The molecule has 0 spiro atoms. The number of hydrogen-bond donors (Lipinski definition) is 1. The lowest BCUT2D eigenvalue weighted by Gasteiger charge is -2.17. The molecule has 2 N–H and O–H groups in total. The van der Waals surface area contributed by atoms with Crippen molar-refractivity contribution in [2.45, 2.75) is 12.3 Å². The number of nitrogens with zero attached hydrogens (tertiary/aromatic N) is 2. The van der Waals surface area contributed by atoms with Crippen molar-refractivity contribution in [1.29, 1.82) is 0 Å². The Morgan fingerprint density at radius 2 is 2.05 bits per heavy atom. The van der Waals surface area contributed by atoms with E-state index in [0.717, 1.165) is 19.5 Å². The third kappa shape index (κ3) is 2.29. The van der Waals surface area contributed by atoms with Crippen molar-refractivity contribution in [3.05, 3.63) is 53.9 Å². The zero-order chi connectivity index (χ0) is 14.1. The summed E-state index contributed by atoms with van der Waals surface area (Å²) in [6.07, 6.45) is 2.80. The van der Waals surface area contributed by atoms with Crippen LogP contribution in [-0.2, 0) is 7.05 Å². The van der Waals surface area contributed by atoms with E-state index < -0.39 is 0 Å². The van der Waals surface area contributed by atoms with Gasteiger partial charge in [0.1, 0.15) is 5.69 Å². The molecule has 1 amide bonds. The van der Waals surface area contributed by atoms with Crippen LogP contribution >= 0.6 is 0 Å². The second-order valence-electron chi connectivity index (χ2n) is 5.42. The molecule has 2 heterocycles. The zero-order valence-corrected chi connectivity index (χ0v) is 11.6. The van der Waals surface area contributed by atoms with Crippen LogP contribution in [0.25, 0.3) is 0 Å². The van der Waals surface area contributed by atoms with Gasteiger partial charge < -0.3 is 15.2 Å². The highest BCUT2D eigenvalue weighted by Gasteiger charge is 2.28. The molecule has 1 aromatic heterocycles. The maximum atomic E-state index is 12.5. The molecule has 104 valence electrons. The molecule has 1 saturated heterocycles. The smallest absolute Gasteiger partial charge is 0.270 e. The van der Waals surface area contributed by atoms with Crippen LogP contribution in [0, 0.1) is 0 Å². The fourth-order valence-electron chi connectivity index (χ4n) is 2.91. The summed E-state index contributed by atoms with van der Waals surface area (Å²) >= 11 is 0. The normalized spacial score (nSPS) is 18.4. The predicted octanol–water partition coefficient (Wildman–Crippen LogP) is 2.24. The molecule has 3 rings (SSSR count). The first-order chi connectivity index (χ1) is 9.65. The Balaban J connectivity index is 1.74. The summed E-state index contributed by atoms with van der Waals surface area (Å²) in [5.74, 6) is 0.514. The number of nitrogens with two attached hydrogens (primary N) is 1. The van der Waals surface area contributed by atoms with E-state index in [-0.39, 0.29) is 5.91 Å². The van der Waals surface area contributed by atoms with Crippen molar-refractivity contribution in [2.75, 3.05) is 18.8 Å². The van der Waals surface area contributed by atoms with E-state index >= 15 is 0 Å². The molecule has 1 unspecified atom stereocenters. The summed E-state index contributed by atoms with van der Waals surface area (Å²) in [6, 6.07) is 12.2. The van der Waals surface area contributed by atoms with Crippen LogP contribution in [0.1, 0.15) is 28.4 Å². The van der Waals surface area contributed by atoms with Crippen LogP contribution in [0.2, 0.25) is 0 Å². The summed E-state index contributed by atoms with van der Waals surface area (Å²) < 4.78 is 1.80. The topological polar surface area (TPSA) is 51.3 Å². The minimum Gasteiger partial charge on any atom is -0.397 e. The van der Waals surface area contributed by atoms with Crippen molar-refractivity contribution in [3.63, 3.8) is 0 Å². The third-order valence-corrected chi connectivity index (χ3v) is 3.99. The standard InChI is InChI=1S/C16H19N3O/c1-18-11-14(17)9-15(18)16(20)19-8-7-13(10-19)12-5-3-2-4-6-12/h2-6,9,11,13H,7-8,10,17H2,1H3. The number of carbonyl (C=O) groups is 1. The summed E-state index contributed by atoms with van der Waals surface area (Å²) in [5.41, 5.74) is 8.35. The average molecular weight is 269 g/mol. The largest absolute Gasteiger partial charge is 0.397 e. The highest BCUT2D eigenvalue weighted by Crippen LogP contribution is 2.28. The Kier molecular flexibility index (Phi) is 3.22. The number of likely N-dealkylation sites (tertiary alicyclic amines) is 1. The number of aromatic nitrogens is 1. The van der Waals surface area contributed by atoms with Crippen molar-refractivity contribution in [3.8, 4) is 0 Å². The molecule has 0 bridgehead atoms. The number of hydrogen-bond acceptors (Lipinski definition) is 2. The van der Waals surface area contributed by atoms with E-state index in [0.29, 0.717) is 17.3 Å². The molecule has 2 aromatic rings. The molecule has 0 saturated carbocycles. The molecule has 0 aliphatic carbocycles. The van der Waals surface area contributed by atoms with Gasteiger partial charge in [0.15, 0.2) is 0 Å². The lowest BCUT2D eigenvalue weighted by molar-refractivity contribution is 0.0781. The van der Waals surface area contributed by atoms with E-state index in [1.165, 1.54) is 5.56 Å². The molecule has 4 nitrogen and oxygen atoms in total. The van der Waals surface area contributed by atoms with Crippen molar-refractivity contribution >= 4 is 11.6 Å². The molecule has 20 heavy (non-hydrogen) atoms. The van der Waals surface area contributed by atoms with Gasteiger partial charge in [0.25, 0.3) is 5.91 Å². The first kappa shape index (κ1) is 12.8.